The van der Waals surface area contributed by atoms with Crippen molar-refractivity contribution in [1.29, 1.82) is 0 Å². The molecular formula is C22H21STe+. The molecule has 0 saturated carbocycles. The zero-order chi connectivity index (χ0) is 16.7. The molecule has 1 heterocycles. The summed E-state index contributed by atoms with van der Waals surface area (Å²) in [6.07, 6.45) is 0. The second-order valence-electron chi connectivity index (χ2n) is 6.99. The van der Waals surface area contributed by atoms with Crippen molar-refractivity contribution in [1.82, 2.24) is 0 Å². The molecule has 0 amide bonds. The predicted octanol–water partition coefficient (Wildman–Crippen LogP) is 6.28. The Labute approximate surface area is 156 Å². The average Bonchev–Trinajstić information content (AvgIpc) is 2.88. The fourth-order valence-corrected chi connectivity index (χ4v) is 8.40. The maximum atomic E-state index is 2.48. The minimum atomic E-state index is -0.180. The second-order valence-corrected chi connectivity index (χ2v) is 14.4. The van der Waals surface area contributed by atoms with E-state index < -0.39 is 0 Å². The minimum absolute atomic E-state index is 0.0425. The molecule has 24 heavy (non-hydrogen) atoms. The summed E-state index contributed by atoms with van der Waals surface area (Å²) >= 11 is -0.180. The number of hydrogen-bond acceptors (Lipinski definition) is 0. The summed E-state index contributed by atoms with van der Waals surface area (Å²) in [5.74, 6) is 0. The van der Waals surface area contributed by atoms with E-state index in [0.717, 1.165) is 0 Å². The van der Waals surface area contributed by atoms with Gasteiger partial charge in [0.2, 0.25) is 0 Å². The van der Waals surface area contributed by atoms with E-state index >= 15 is 0 Å². The quantitative estimate of drug-likeness (QED) is 0.252. The Hall–Kier alpha value is -1.33. The Morgan fingerprint density at radius 1 is 0.708 bits per heavy atom. The number of fused-ring (bicyclic) bond motifs is 3. The van der Waals surface area contributed by atoms with Crippen LogP contribution in [-0.4, -0.2) is 20.9 Å². The van der Waals surface area contributed by atoms with Crippen LogP contribution in [0.2, 0.25) is 3.46 Å². The van der Waals surface area contributed by atoms with Crippen LogP contribution in [0, 0.1) is 0 Å². The first-order valence-electron chi connectivity index (χ1n) is 8.25. The van der Waals surface area contributed by atoms with Gasteiger partial charge in [0, 0.05) is 0 Å². The molecule has 0 aliphatic heterocycles. The molecule has 0 nitrogen and oxygen atoms in total. The molecule has 2 heteroatoms. The topological polar surface area (TPSA) is 0 Å². The van der Waals surface area contributed by atoms with Gasteiger partial charge in [-0.2, -0.15) is 0 Å². The van der Waals surface area contributed by atoms with Gasteiger partial charge in [-0.3, -0.25) is 0 Å². The normalized spacial score (nSPS) is 12.9. The van der Waals surface area contributed by atoms with Crippen molar-refractivity contribution in [2.45, 2.75) is 24.2 Å². The first-order valence-corrected chi connectivity index (χ1v) is 11.8. The number of rotatable bonds is 2. The molecule has 4 rings (SSSR count). The molecule has 1 unspecified atom stereocenters. The van der Waals surface area contributed by atoms with Crippen LogP contribution in [0.5, 0.6) is 0 Å². The van der Waals surface area contributed by atoms with E-state index in [0.29, 0.717) is 3.46 Å². The fourth-order valence-electron chi connectivity index (χ4n) is 3.11. The van der Waals surface area contributed by atoms with Crippen LogP contribution in [0.1, 0.15) is 20.8 Å². The number of benzene rings is 3. The van der Waals surface area contributed by atoms with Crippen molar-refractivity contribution in [3.63, 3.8) is 0 Å². The maximum absolute atomic E-state index is 2.48. The van der Waals surface area contributed by atoms with E-state index in [1.165, 1.54) is 25.1 Å². The zero-order valence-corrected chi connectivity index (χ0v) is 17.4. The number of thiophene rings is 1. The van der Waals surface area contributed by atoms with Gasteiger partial charge in [0.25, 0.3) is 0 Å². The molecule has 0 bridgehead atoms. The third-order valence-electron chi connectivity index (χ3n) is 3.97. The van der Waals surface area contributed by atoms with E-state index in [-0.39, 0.29) is 31.4 Å². The van der Waals surface area contributed by atoms with Crippen LogP contribution in [0.25, 0.3) is 25.1 Å². The van der Waals surface area contributed by atoms with Gasteiger partial charge in [-0.05, 0) is 0 Å². The second kappa shape index (κ2) is 6.19. The van der Waals surface area contributed by atoms with Crippen molar-refractivity contribution in [2.24, 2.45) is 0 Å². The zero-order valence-electron chi connectivity index (χ0n) is 14.2. The number of hydrogen-bond donors (Lipinski definition) is 0. The molecule has 0 aliphatic carbocycles. The van der Waals surface area contributed by atoms with Crippen molar-refractivity contribution >= 4 is 55.2 Å². The van der Waals surface area contributed by atoms with Crippen LogP contribution in [0.3, 0.4) is 0 Å². The van der Waals surface area contributed by atoms with Crippen molar-refractivity contribution in [3.8, 4) is 4.90 Å². The van der Waals surface area contributed by atoms with Crippen LogP contribution >= 0.6 is 10.5 Å². The molecule has 0 spiro atoms. The molecule has 0 saturated heterocycles. The third kappa shape index (κ3) is 3.00. The summed E-state index contributed by atoms with van der Waals surface area (Å²) in [7, 11) is 0.0425. The van der Waals surface area contributed by atoms with Crippen molar-refractivity contribution in [2.75, 3.05) is 0 Å². The summed E-state index contributed by atoms with van der Waals surface area (Å²) in [4.78, 5) is 1.42. The Kier molecular flexibility index (Phi) is 4.17. The third-order valence-corrected chi connectivity index (χ3v) is 9.45. The molecule has 120 valence electrons. The van der Waals surface area contributed by atoms with Gasteiger partial charge < -0.3 is 0 Å². The molecule has 1 aromatic heterocycles. The van der Waals surface area contributed by atoms with Gasteiger partial charge in [-0.1, -0.05) is 0 Å². The van der Waals surface area contributed by atoms with Gasteiger partial charge in [-0.25, -0.2) is 0 Å². The predicted molar refractivity (Wildman–Crippen MR) is 110 cm³/mol. The van der Waals surface area contributed by atoms with Crippen molar-refractivity contribution < 1.29 is 0 Å². The van der Waals surface area contributed by atoms with Gasteiger partial charge in [0.05, 0.1) is 0 Å². The molecule has 0 fully saturated rings. The van der Waals surface area contributed by atoms with Gasteiger partial charge in [-0.15, -0.1) is 0 Å². The Morgan fingerprint density at radius 3 is 2.12 bits per heavy atom. The summed E-state index contributed by atoms with van der Waals surface area (Å²) < 4.78 is 4.98. The Morgan fingerprint density at radius 2 is 1.38 bits per heavy atom. The molecule has 1 atom stereocenters. The van der Waals surface area contributed by atoms with Gasteiger partial charge >= 0.3 is 157 Å². The summed E-state index contributed by atoms with van der Waals surface area (Å²) in [5.41, 5.74) is 0. The first-order chi connectivity index (χ1) is 11.5. The van der Waals surface area contributed by atoms with Crippen molar-refractivity contribution in [3.05, 3.63) is 72.8 Å². The summed E-state index contributed by atoms with van der Waals surface area (Å²) in [6.45, 7) is 7.10. The standard InChI is InChI=1S/C22H21STe/c1-22(2,3)24-17-13-14-21-19(15-17)18-11-7-8-12-20(18)23(21)16-9-5-4-6-10-16/h4-15H,1-3H3/q+1. The Bertz CT molecular complexity index is 1010. The summed E-state index contributed by atoms with van der Waals surface area (Å²) in [6, 6.07) is 27.2. The molecule has 0 aliphatic rings. The van der Waals surface area contributed by atoms with E-state index in [9.17, 15) is 0 Å². The van der Waals surface area contributed by atoms with Crippen LogP contribution in [0.4, 0.5) is 0 Å². The molecular weight excluding hydrogens is 424 g/mol. The van der Waals surface area contributed by atoms with Gasteiger partial charge in [0.1, 0.15) is 0 Å². The summed E-state index contributed by atoms with van der Waals surface area (Å²) in [5, 5.41) is 2.90. The molecule has 0 N–H and O–H groups in total. The van der Waals surface area contributed by atoms with E-state index in [1.807, 2.05) is 0 Å². The van der Waals surface area contributed by atoms with E-state index in [4.69, 9.17) is 0 Å². The van der Waals surface area contributed by atoms with E-state index in [2.05, 4.69) is 93.6 Å². The van der Waals surface area contributed by atoms with E-state index in [1.54, 1.807) is 3.61 Å². The van der Waals surface area contributed by atoms with Crippen LogP contribution in [0.15, 0.2) is 72.8 Å². The SMILES string of the molecule is CC(C)(C)[Te]c1ccc2c(c1)c1ccccc1[s+]2-c1ccccc1. The molecule has 0 radical (unpaired) electrons. The molecule has 4 aromatic rings. The van der Waals surface area contributed by atoms with Crippen LogP contribution in [-0.2, 0) is 0 Å². The monoisotopic (exact) mass is 447 g/mol. The molecule has 3 aromatic carbocycles. The Balaban J connectivity index is 2.02. The fraction of sp³-hybridized carbons (Fsp3) is 0.182. The van der Waals surface area contributed by atoms with Crippen LogP contribution < -0.4 is 3.61 Å². The average molecular weight is 445 g/mol. The van der Waals surface area contributed by atoms with Gasteiger partial charge in [0.15, 0.2) is 0 Å². The first kappa shape index (κ1) is 16.2.